The number of aryl methyl sites for hydroxylation is 1. The minimum Gasteiger partial charge on any atom is -0.406 e. The highest BCUT2D eigenvalue weighted by atomic mass is 35.5. The molecule has 8 heteroatoms. The summed E-state index contributed by atoms with van der Waals surface area (Å²) in [6, 6.07) is 1.58. The first-order valence-electron chi connectivity index (χ1n) is 5.83. The molecule has 2 aromatic heterocycles. The van der Waals surface area contributed by atoms with Gasteiger partial charge in [-0.1, -0.05) is 11.6 Å². The van der Waals surface area contributed by atoms with Crippen molar-refractivity contribution in [3.05, 3.63) is 28.9 Å². The summed E-state index contributed by atoms with van der Waals surface area (Å²) in [5, 5.41) is 4.62. The van der Waals surface area contributed by atoms with Gasteiger partial charge in [-0.15, -0.1) is 0 Å². The van der Waals surface area contributed by atoms with Gasteiger partial charge in [0.25, 0.3) is 0 Å². The van der Waals surface area contributed by atoms with Crippen molar-refractivity contribution in [3.8, 4) is 11.6 Å². The smallest absolute Gasteiger partial charge is 0.406 e. The Bertz CT molecular complexity index is 653. The number of carbonyl (C=O) groups is 1. The van der Waals surface area contributed by atoms with Crippen LogP contribution in [0.3, 0.4) is 0 Å². The van der Waals surface area contributed by atoms with Gasteiger partial charge in [0.1, 0.15) is 17.2 Å². The molecule has 0 spiro atoms. The largest absolute Gasteiger partial charge is 0.414 e. The molecule has 7 nitrogen and oxygen atoms in total. The highest BCUT2D eigenvalue weighted by Crippen LogP contribution is 2.25. The maximum Gasteiger partial charge on any atom is 0.414 e. The minimum atomic E-state index is -0.462. The first kappa shape index (κ1) is 14.3. The Labute approximate surface area is 121 Å². The third kappa shape index (κ3) is 2.72. The molecule has 0 aliphatic heterocycles. The number of aromatic nitrogens is 4. The van der Waals surface area contributed by atoms with Crippen LogP contribution in [-0.2, 0) is 0 Å². The molecule has 0 aromatic carbocycles. The number of hydrogen-bond acceptors (Lipinski definition) is 5. The van der Waals surface area contributed by atoms with E-state index in [9.17, 15) is 4.79 Å². The van der Waals surface area contributed by atoms with Gasteiger partial charge < -0.3 is 9.64 Å². The average Bonchev–Trinajstić information content (AvgIpc) is 2.66. The van der Waals surface area contributed by atoms with Gasteiger partial charge in [-0.05, 0) is 13.8 Å². The Kier molecular flexibility index (Phi) is 3.89. The van der Waals surface area contributed by atoms with Crippen molar-refractivity contribution in [2.45, 2.75) is 13.8 Å². The lowest BCUT2D eigenvalue weighted by molar-refractivity contribution is 0.171. The molecule has 0 radical (unpaired) electrons. The highest BCUT2D eigenvalue weighted by Gasteiger charge is 2.19. The van der Waals surface area contributed by atoms with E-state index >= 15 is 0 Å². The number of amides is 1. The van der Waals surface area contributed by atoms with Crippen LogP contribution in [0.1, 0.15) is 11.4 Å². The van der Waals surface area contributed by atoms with Gasteiger partial charge in [-0.25, -0.2) is 19.4 Å². The summed E-state index contributed by atoms with van der Waals surface area (Å²) in [6.07, 6.45) is 0.885. The minimum absolute atomic E-state index is 0.314. The maximum absolute atomic E-state index is 11.6. The summed E-state index contributed by atoms with van der Waals surface area (Å²) in [6.45, 7) is 3.54. The average molecular weight is 296 g/mol. The lowest BCUT2D eigenvalue weighted by Gasteiger charge is -2.10. The van der Waals surface area contributed by atoms with Crippen molar-refractivity contribution >= 4 is 17.7 Å². The molecule has 0 aliphatic carbocycles. The van der Waals surface area contributed by atoms with Crippen molar-refractivity contribution < 1.29 is 9.53 Å². The number of hydrogen-bond donors (Lipinski definition) is 0. The summed E-state index contributed by atoms with van der Waals surface area (Å²) in [5.41, 5.74) is 1.25. The standard InChI is InChI=1S/C12H14ClN5O2/c1-7-11(20-12(19)17(3)4)8(2)18(16-7)10-5-9(13)14-6-15-10/h5-6H,1-4H3. The fourth-order valence-electron chi connectivity index (χ4n) is 1.62. The Morgan fingerprint density at radius 2 is 2.05 bits per heavy atom. The lowest BCUT2D eigenvalue weighted by Crippen LogP contribution is -2.25. The molecule has 0 aliphatic rings. The second-order valence-electron chi connectivity index (χ2n) is 4.37. The summed E-state index contributed by atoms with van der Waals surface area (Å²) in [7, 11) is 3.23. The molecule has 2 aromatic rings. The lowest BCUT2D eigenvalue weighted by atomic mass is 10.3. The van der Waals surface area contributed by atoms with Gasteiger partial charge in [0.15, 0.2) is 11.6 Å². The third-order valence-corrected chi connectivity index (χ3v) is 2.82. The van der Waals surface area contributed by atoms with E-state index in [1.807, 2.05) is 0 Å². The Hall–Kier alpha value is -2.15. The van der Waals surface area contributed by atoms with Crippen LogP contribution in [0, 0.1) is 13.8 Å². The predicted molar refractivity (Wildman–Crippen MR) is 73.3 cm³/mol. The molecule has 0 unspecified atom stereocenters. The Morgan fingerprint density at radius 1 is 1.35 bits per heavy atom. The zero-order valence-electron chi connectivity index (χ0n) is 11.6. The molecule has 0 N–H and O–H groups in total. The number of ether oxygens (including phenoxy) is 1. The SMILES string of the molecule is Cc1nn(-c2cc(Cl)ncn2)c(C)c1OC(=O)N(C)C. The summed E-state index contributed by atoms with van der Waals surface area (Å²) in [5.74, 6) is 0.927. The highest BCUT2D eigenvalue weighted by molar-refractivity contribution is 6.29. The maximum atomic E-state index is 11.6. The number of nitrogens with zero attached hydrogens (tertiary/aromatic N) is 5. The second kappa shape index (κ2) is 5.46. The molecule has 1 amide bonds. The van der Waals surface area contributed by atoms with E-state index in [1.165, 1.54) is 11.2 Å². The van der Waals surface area contributed by atoms with Gasteiger partial charge in [0.2, 0.25) is 0 Å². The molecule has 0 saturated heterocycles. The summed E-state index contributed by atoms with van der Waals surface area (Å²) < 4.78 is 6.85. The van der Waals surface area contributed by atoms with Crippen LogP contribution in [0.25, 0.3) is 5.82 Å². The van der Waals surface area contributed by atoms with Crippen molar-refractivity contribution in [1.82, 2.24) is 24.6 Å². The molecule has 0 fully saturated rings. The fourth-order valence-corrected chi connectivity index (χ4v) is 1.76. The first-order chi connectivity index (χ1) is 9.40. The van der Waals surface area contributed by atoms with Crippen LogP contribution in [0.2, 0.25) is 5.15 Å². The first-order valence-corrected chi connectivity index (χ1v) is 6.21. The number of carbonyl (C=O) groups excluding carboxylic acids is 1. The fraction of sp³-hybridized carbons (Fsp3) is 0.333. The van der Waals surface area contributed by atoms with E-state index in [1.54, 1.807) is 38.7 Å². The van der Waals surface area contributed by atoms with Gasteiger partial charge in [-0.2, -0.15) is 5.10 Å². The van der Waals surface area contributed by atoms with Gasteiger partial charge >= 0.3 is 6.09 Å². The van der Waals surface area contributed by atoms with Crippen molar-refractivity contribution in [1.29, 1.82) is 0 Å². The molecule has 2 rings (SSSR count). The normalized spacial score (nSPS) is 10.4. The van der Waals surface area contributed by atoms with Gasteiger partial charge in [0.05, 0.1) is 5.69 Å². The van der Waals surface area contributed by atoms with Crippen LogP contribution in [0.5, 0.6) is 5.75 Å². The zero-order chi connectivity index (χ0) is 14.9. The van der Waals surface area contributed by atoms with Crippen LogP contribution in [0.4, 0.5) is 4.79 Å². The zero-order valence-corrected chi connectivity index (χ0v) is 12.3. The van der Waals surface area contributed by atoms with E-state index in [0.29, 0.717) is 28.1 Å². The van der Waals surface area contributed by atoms with E-state index in [2.05, 4.69) is 15.1 Å². The molecule has 106 valence electrons. The number of rotatable bonds is 2. The monoisotopic (exact) mass is 295 g/mol. The van der Waals surface area contributed by atoms with Crippen molar-refractivity contribution in [2.24, 2.45) is 0 Å². The van der Waals surface area contributed by atoms with Crippen LogP contribution >= 0.6 is 11.6 Å². The molecule has 20 heavy (non-hydrogen) atoms. The van der Waals surface area contributed by atoms with Crippen molar-refractivity contribution in [2.75, 3.05) is 14.1 Å². The topological polar surface area (TPSA) is 73.1 Å². The molecule has 0 atom stereocenters. The molecule has 0 bridgehead atoms. The Morgan fingerprint density at radius 3 is 2.65 bits per heavy atom. The molecular formula is C12H14ClN5O2. The Balaban J connectivity index is 2.41. The summed E-state index contributed by atoms with van der Waals surface area (Å²) >= 11 is 5.84. The number of halogens is 1. The predicted octanol–water partition coefficient (Wildman–Crippen LogP) is 1.99. The molecule has 0 saturated carbocycles. The van der Waals surface area contributed by atoms with Gasteiger partial charge in [-0.3, -0.25) is 0 Å². The van der Waals surface area contributed by atoms with Gasteiger partial charge in [0, 0.05) is 20.2 Å². The van der Waals surface area contributed by atoms with Crippen LogP contribution < -0.4 is 4.74 Å². The van der Waals surface area contributed by atoms with E-state index in [-0.39, 0.29) is 0 Å². The second-order valence-corrected chi connectivity index (χ2v) is 4.76. The van der Waals surface area contributed by atoms with Crippen LogP contribution in [-0.4, -0.2) is 44.8 Å². The quantitative estimate of drug-likeness (QED) is 0.792. The molecular weight excluding hydrogens is 282 g/mol. The molecule has 2 heterocycles. The summed E-state index contributed by atoms with van der Waals surface area (Å²) in [4.78, 5) is 20.9. The van der Waals surface area contributed by atoms with Crippen LogP contribution in [0.15, 0.2) is 12.4 Å². The van der Waals surface area contributed by atoms with E-state index in [4.69, 9.17) is 16.3 Å². The third-order valence-electron chi connectivity index (χ3n) is 2.62. The van der Waals surface area contributed by atoms with E-state index in [0.717, 1.165) is 0 Å². The van der Waals surface area contributed by atoms with E-state index < -0.39 is 6.09 Å². The van der Waals surface area contributed by atoms with Crippen molar-refractivity contribution in [3.63, 3.8) is 0 Å².